The molecule has 0 saturated heterocycles. The molecule has 0 aromatic carbocycles. The van der Waals surface area contributed by atoms with Crippen LogP contribution in [0.3, 0.4) is 0 Å². The van der Waals surface area contributed by atoms with E-state index in [2.05, 4.69) is 10.3 Å². The molecular formula is C9H11FN2O2. The maximum Gasteiger partial charge on any atom is 0.335 e. The van der Waals surface area contributed by atoms with E-state index in [1.54, 1.807) is 0 Å². The summed E-state index contributed by atoms with van der Waals surface area (Å²) in [4.78, 5) is 14.5. The van der Waals surface area contributed by atoms with Crippen molar-refractivity contribution in [1.29, 1.82) is 0 Å². The predicted octanol–water partition coefficient (Wildman–Crippen LogP) is 0.839. The second kappa shape index (κ2) is 5.29. The van der Waals surface area contributed by atoms with Crippen LogP contribution in [0.15, 0.2) is 18.3 Å². The van der Waals surface area contributed by atoms with Crippen LogP contribution in [0.25, 0.3) is 0 Å². The number of pyridine rings is 1. The monoisotopic (exact) mass is 198 g/mol. The molecule has 0 atom stereocenters. The number of alkyl halides is 1. The third-order valence-corrected chi connectivity index (χ3v) is 1.64. The Morgan fingerprint density at radius 2 is 2.43 bits per heavy atom. The molecule has 1 heterocycles. The molecule has 0 amide bonds. The fourth-order valence-electron chi connectivity index (χ4n) is 0.991. The Labute approximate surface area is 80.8 Å². The molecule has 5 heteroatoms. The number of aromatic carboxylic acids is 1. The quantitative estimate of drug-likeness (QED) is 0.688. The first-order chi connectivity index (χ1) is 6.74. The summed E-state index contributed by atoms with van der Waals surface area (Å²) in [6.07, 6.45) is 1.43. The second-order valence-electron chi connectivity index (χ2n) is 2.71. The summed E-state index contributed by atoms with van der Waals surface area (Å²) in [6, 6.07) is 2.88. The molecule has 0 saturated carbocycles. The van der Waals surface area contributed by atoms with Crippen molar-refractivity contribution in [2.24, 2.45) is 0 Å². The average Bonchev–Trinajstić information content (AvgIpc) is 2.19. The molecule has 1 rings (SSSR count). The topological polar surface area (TPSA) is 62.2 Å². The lowest BCUT2D eigenvalue weighted by Crippen LogP contribution is -2.17. The summed E-state index contributed by atoms with van der Waals surface area (Å²) < 4.78 is 11.7. The summed E-state index contributed by atoms with van der Waals surface area (Å²) in [5.74, 6) is -0.987. The van der Waals surface area contributed by atoms with E-state index in [0.29, 0.717) is 12.2 Å². The summed E-state index contributed by atoms with van der Waals surface area (Å²) in [5, 5.41) is 11.5. The molecule has 0 spiro atoms. The Morgan fingerprint density at radius 1 is 1.64 bits per heavy atom. The van der Waals surface area contributed by atoms with E-state index in [-0.39, 0.29) is 12.1 Å². The SMILES string of the molecule is O=C(O)c1ccnc(CNCCF)c1. The van der Waals surface area contributed by atoms with Gasteiger partial charge in [0, 0.05) is 19.3 Å². The molecule has 2 N–H and O–H groups in total. The van der Waals surface area contributed by atoms with Crippen molar-refractivity contribution in [3.05, 3.63) is 29.6 Å². The van der Waals surface area contributed by atoms with Crippen molar-refractivity contribution >= 4 is 5.97 Å². The molecule has 0 aliphatic rings. The molecule has 0 aliphatic carbocycles. The minimum absolute atomic E-state index is 0.192. The summed E-state index contributed by atoms with van der Waals surface area (Å²) in [6.45, 7) is 0.183. The minimum Gasteiger partial charge on any atom is -0.478 e. The van der Waals surface area contributed by atoms with Crippen LogP contribution in [0.4, 0.5) is 4.39 Å². The Balaban J connectivity index is 2.59. The van der Waals surface area contributed by atoms with Crippen LogP contribution in [0.2, 0.25) is 0 Å². The van der Waals surface area contributed by atoms with Crippen LogP contribution in [-0.2, 0) is 6.54 Å². The fraction of sp³-hybridized carbons (Fsp3) is 0.333. The van der Waals surface area contributed by atoms with Gasteiger partial charge in [-0.3, -0.25) is 4.98 Å². The lowest BCUT2D eigenvalue weighted by atomic mass is 10.2. The highest BCUT2D eigenvalue weighted by molar-refractivity contribution is 5.87. The highest BCUT2D eigenvalue weighted by atomic mass is 19.1. The molecule has 76 valence electrons. The van der Waals surface area contributed by atoms with Crippen LogP contribution >= 0.6 is 0 Å². The van der Waals surface area contributed by atoms with E-state index in [1.165, 1.54) is 18.3 Å². The first kappa shape index (κ1) is 10.6. The summed E-state index contributed by atoms with van der Waals surface area (Å²) in [5.41, 5.74) is 0.787. The van der Waals surface area contributed by atoms with Gasteiger partial charge in [-0.15, -0.1) is 0 Å². The van der Waals surface area contributed by atoms with E-state index >= 15 is 0 Å². The fourth-order valence-corrected chi connectivity index (χ4v) is 0.991. The van der Waals surface area contributed by atoms with Crippen molar-refractivity contribution < 1.29 is 14.3 Å². The number of hydrogen-bond acceptors (Lipinski definition) is 3. The zero-order chi connectivity index (χ0) is 10.4. The maximum absolute atomic E-state index is 11.7. The van der Waals surface area contributed by atoms with E-state index in [1.807, 2.05) is 0 Å². The van der Waals surface area contributed by atoms with Crippen molar-refractivity contribution in [3.63, 3.8) is 0 Å². The van der Waals surface area contributed by atoms with Crippen LogP contribution < -0.4 is 5.32 Å². The second-order valence-corrected chi connectivity index (χ2v) is 2.71. The van der Waals surface area contributed by atoms with Crippen molar-refractivity contribution in [3.8, 4) is 0 Å². The number of carboxylic acids is 1. The molecule has 1 aromatic rings. The first-order valence-corrected chi connectivity index (χ1v) is 4.19. The zero-order valence-corrected chi connectivity index (χ0v) is 7.53. The Morgan fingerprint density at radius 3 is 3.07 bits per heavy atom. The van der Waals surface area contributed by atoms with Crippen molar-refractivity contribution in [2.75, 3.05) is 13.2 Å². The first-order valence-electron chi connectivity index (χ1n) is 4.19. The molecule has 0 radical (unpaired) electrons. The lowest BCUT2D eigenvalue weighted by Gasteiger charge is -2.02. The summed E-state index contributed by atoms with van der Waals surface area (Å²) >= 11 is 0. The van der Waals surface area contributed by atoms with E-state index in [9.17, 15) is 9.18 Å². The Hall–Kier alpha value is -1.49. The molecule has 1 aromatic heterocycles. The number of nitrogens with one attached hydrogen (secondary N) is 1. The van der Waals surface area contributed by atoms with Gasteiger partial charge in [-0.05, 0) is 12.1 Å². The van der Waals surface area contributed by atoms with Gasteiger partial charge in [0.1, 0.15) is 6.67 Å². The van der Waals surface area contributed by atoms with Crippen molar-refractivity contribution in [2.45, 2.75) is 6.54 Å². The summed E-state index contributed by atoms with van der Waals surface area (Å²) in [7, 11) is 0. The molecule has 4 nitrogen and oxygen atoms in total. The number of nitrogens with zero attached hydrogens (tertiary/aromatic N) is 1. The highest BCUT2D eigenvalue weighted by Crippen LogP contribution is 2.01. The van der Waals surface area contributed by atoms with Crippen LogP contribution in [0.5, 0.6) is 0 Å². The molecular weight excluding hydrogens is 187 g/mol. The highest BCUT2D eigenvalue weighted by Gasteiger charge is 2.03. The van der Waals surface area contributed by atoms with E-state index in [4.69, 9.17) is 5.11 Å². The van der Waals surface area contributed by atoms with Crippen LogP contribution in [0.1, 0.15) is 16.1 Å². The van der Waals surface area contributed by atoms with Gasteiger partial charge >= 0.3 is 5.97 Å². The third kappa shape index (κ3) is 3.10. The molecule has 0 bridgehead atoms. The molecule has 14 heavy (non-hydrogen) atoms. The average molecular weight is 198 g/mol. The standard InChI is InChI=1S/C9H11FN2O2/c10-2-4-11-6-8-5-7(9(13)14)1-3-12-8/h1,3,5,11H,2,4,6H2,(H,13,14). The van der Waals surface area contributed by atoms with Gasteiger partial charge in [-0.1, -0.05) is 0 Å². The minimum atomic E-state index is -0.987. The number of rotatable bonds is 5. The normalized spacial score (nSPS) is 10.1. The number of carbonyl (C=O) groups is 1. The van der Waals surface area contributed by atoms with Gasteiger partial charge in [0.25, 0.3) is 0 Å². The number of halogens is 1. The van der Waals surface area contributed by atoms with E-state index < -0.39 is 12.6 Å². The van der Waals surface area contributed by atoms with E-state index in [0.717, 1.165) is 0 Å². The van der Waals surface area contributed by atoms with Crippen LogP contribution in [0, 0.1) is 0 Å². The van der Waals surface area contributed by atoms with Crippen molar-refractivity contribution in [1.82, 2.24) is 10.3 Å². The smallest absolute Gasteiger partial charge is 0.335 e. The van der Waals surface area contributed by atoms with Gasteiger partial charge < -0.3 is 10.4 Å². The Bertz CT molecular complexity index is 317. The van der Waals surface area contributed by atoms with Gasteiger partial charge in [0.2, 0.25) is 0 Å². The van der Waals surface area contributed by atoms with Gasteiger partial charge in [0.05, 0.1) is 11.3 Å². The number of carboxylic acid groups (broad SMARTS) is 1. The third-order valence-electron chi connectivity index (χ3n) is 1.64. The van der Waals surface area contributed by atoms with Gasteiger partial charge in [-0.2, -0.15) is 0 Å². The predicted molar refractivity (Wildman–Crippen MR) is 48.9 cm³/mol. The Kier molecular flexibility index (Phi) is 4.00. The largest absolute Gasteiger partial charge is 0.478 e. The number of aromatic nitrogens is 1. The molecule has 0 fully saturated rings. The maximum atomic E-state index is 11.7. The van der Waals surface area contributed by atoms with Crippen LogP contribution in [-0.4, -0.2) is 29.3 Å². The number of hydrogen-bond donors (Lipinski definition) is 2. The van der Waals surface area contributed by atoms with Gasteiger partial charge in [0.15, 0.2) is 0 Å². The molecule has 0 unspecified atom stereocenters. The lowest BCUT2D eigenvalue weighted by molar-refractivity contribution is 0.0696. The molecule has 0 aliphatic heterocycles. The zero-order valence-electron chi connectivity index (χ0n) is 7.53. The van der Waals surface area contributed by atoms with Gasteiger partial charge in [-0.25, -0.2) is 9.18 Å².